The lowest BCUT2D eigenvalue weighted by molar-refractivity contribution is 0.328. The van der Waals surface area contributed by atoms with Gasteiger partial charge in [0, 0.05) is 23.5 Å². The van der Waals surface area contributed by atoms with Crippen LogP contribution in [0.3, 0.4) is 0 Å². The zero-order chi connectivity index (χ0) is 17.2. The highest BCUT2D eigenvalue weighted by Crippen LogP contribution is 2.32. The molecule has 3 rings (SSSR count). The molecule has 0 spiro atoms. The van der Waals surface area contributed by atoms with Gasteiger partial charge in [-0.15, -0.1) is 12.4 Å². The SMILES string of the molecule is CCS(=O)(=O)c1ccc(OC)c(-c2ccc(CN3CCCC3)[nH]2)c1.Cl. The van der Waals surface area contributed by atoms with Crippen molar-refractivity contribution in [1.82, 2.24) is 9.88 Å². The summed E-state index contributed by atoms with van der Waals surface area (Å²) in [7, 11) is -1.65. The molecule has 7 heteroatoms. The van der Waals surface area contributed by atoms with Gasteiger partial charge >= 0.3 is 0 Å². The number of aromatic amines is 1. The number of hydrogen-bond donors (Lipinski definition) is 1. The maximum atomic E-state index is 12.2. The van der Waals surface area contributed by atoms with Gasteiger partial charge in [0.05, 0.1) is 17.8 Å². The maximum absolute atomic E-state index is 12.2. The fraction of sp³-hybridized carbons (Fsp3) is 0.444. The number of rotatable bonds is 6. The van der Waals surface area contributed by atoms with E-state index in [1.165, 1.54) is 12.8 Å². The third kappa shape index (κ3) is 4.37. The molecule has 1 fully saturated rings. The Balaban J connectivity index is 0.00000225. The molecule has 0 unspecified atom stereocenters. The molecule has 1 aliphatic heterocycles. The molecule has 0 radical (unpaired) electrons. The van der Waals surface area contributed by atoms with Gasteiger partial charge < -0.3 is 9.72 Å². The molecular weight excluding hydrogens is 360 g/mol. The first kappa shape index (κ1) is 19.8. The van der Waals surface area contributed by atoms with Gasteiger partial charge in [-0.3, -0.25) is 4.90 Å². The van der Waals surface area contributed by atoms with Crippen LogP contribution >= 0.6 is 12.4 Å². The number of likely N-dealkylation sites (tertiary alicyclic amines) is 1. The van der Waals surface area contributed by atoms with E-state index in [9.17, 15) is 8.42 Å². The molecule has 1 aliphatic rings. The van der Waals surface area contributed by atoms with Crippen LogP contribution in [-0.4, -0.2) is 44.3 Å². The highest BCUT2D eigenvalue weighted by molar-refractivity contribution is 7.91. The molecule has 1 N–H and O–H groups in total. The minimum Gasteiger partial charge on any atom is -0.496 e. The fourth-order valence-corrected chi connectivity index (χ4v) is 4.04. The Morgan fingerprint density at radius 2 is 1.88 bits per heavy atom. The Bertz CT molecular complexity index is 811. The van der Waals surface area contributed by atoms with Crippen molar-refractivity contribution in [2.24, 2.45) is 0 Å². The van der Waals surface area contributed by atoms with Gasteiger partial charge in [-0.25, -0.2) is 8.42 Å². The van der Waals surface area contributed by atoms with E-state index in [1.807, 2.05) is 6.07 Å². The van der Waals surface area contributed by atoms with E-state index < -0.39 is 9.84 Å². The van der Waals surface area contributed by atoms with Crippen LogP contribution in [0.1, 0.15) is 25.5 Å². The summed E-state index contributed by atoms with van der Waals surface area (Å²) in [6.45, 7) is 4.83. The van der Waals surface area contributed by atoms with E-state index in [0.717, 1.165) is 36.6 Å². The zero-order valence-electron chi connectivity index (χ0n) is 14.6. The molecule has 25 heavy (non-hydrogen) atoms. The second-order valence-corrected chi connectivity index (χ2v) is 8.42. The van der Waals surface area contributed by atoms with Gasteiger partial charge in [-0.1, -0.05) is 6.92 Å². The van der Waals surface area contributed by atoms with E-state index in [-0.39, 0.29) is 18.2 Å². The first-order valence-corrected chi connectivity index (χ1v) is 10.00. The number of benzene rings is 1. The Morgan fingerprint density at radius 3 is 2.52 bits per heavy atom. The van der Waals surface area contributed by atoms with Crippen LogP contribution in [0.15, 0.2) is 35.2 Å². The number of hydrogen-bond acceptors (Lipinski definition) is 4. The van der Waals surface area contributed by atoms with Crippen molar-refractivity contribution < 1.29 is 13.2 Å². The van der Waals surface area contributed by atoms with Crippen molar-refractivity contribution in [3.63, 3.8) is 0 Å². The minimum atomic E-state index is -3.24. The van der Waals surface area contributed by atoms with Gasteiger partial charge in [-0.05, 0) is 56.3 Å². The van der Waals surface area contributed by atoms with Crippen LogP contribution in [0.25, 0.3) is 11.3 Å². The molecule has 1 aromatic heterocycles. The van der Waals surface area contributed by atoms with Gasteiger partial charge in [-0.2, -0.15) is 0 Å². The largest absolute Gasteiger partial charge is 0.496 e. The molecule has 138 valence electrons. The van der Waals surface area contributed by atoms with Crippen molar-refractivity contribution in [3.8, 4) is 17.0 Å². The van der Waals surface area contributed by atoms with Gasteiger partial charge in [0.15, 0.2) is 9.84 Å². The first-order valence-electron chi connectivity index (χ1n) is 8.35. The Morgan fingerprint density at radius 1 is 1.16 bits per heavy atom. The lowest BCUT2D eigenvalue weighted by Gasteiger charge is -2.13. The Hall–Kier alpha value is -1.50. The number of sulfone groups is 1. The van der Waals surface area contributed by atoms with Crippen LogP contribution in [0, 0.1) is 0 Å². The quantitative estimate of drug-likeness (QED) is 0.827. The molecule has 0 bridgehead atoms. The number of aromatic nitrogens is 1. The average Bonchev–Trinajstić information content (AvgIpc) is 3.26. The predicted octanol–water partition coefficient (Wildman–Crippen LogP) is 3.50. The smallest absolute Gasteiger partial charge is 0.178 e. The second kappa shape index (κ2) is 8.25. The van der Waals surface area contributed by atoms with Crippen LogP contribution in [0.5, 0.6) is 5.75 Å². The minimum absolute atomic E-state index is 0. The number of nitrogens with one attached hydrogen (secondary N) is 1. The van der Waals surface area contributed by atoms with E-state index in [4.69, 9.17) is 4.74 Å². The van der Waals surface area contributed by atoms with Crippen molar-refractivity contribution in [3.05, 3.63) is 36.0 Å². The third-order valence-electron chi connectivity index (χ3n) is 4.54. The standard InChI is InChI=1S/C18H24N2O3S.ClH/c1-3-24(21,22)15-7-9-18(23-2)16(12-15)17-8-6-14(19-17)13-20-10-4-5-11-20;/h6-9,12,19H,3-5,10-11,13H2,1-2H3;1H. The van der Waals surface area contributed by atoms with E-state index in [1.54, 1.807) is 32.2 Å². The zero-order valence-corrected chi connectivity index (χ0v) is 16.3. The summed E-state index contributed by atoms with van der Waals surface area (Å²) < 4.78 is 29.7. The fourth-order valence-electron chi connectivity index (χ4n) is 3.13. The van der Waals surface area contributed by atoms with Crippen molar-refractivity contribution >= 4 is 22.2 Å². The first-order chi connectivity index (χ1) is 11.5. The lowest BCUT2D eigenvalue weighted by Crippen LogP contribution is -2.18. The summed E-state index contributed by atoms with van der Waals surface area (Å²) in [5.74, 6) is 0.753. The number of H-pyrrole nitrogens is 1. The van der Waals surface area contributed by atoms with Gasteiger partial charge in [0.25, 0.3) is 0 Å². The topological polar surface area (TPSA) is 62.4 Å². The molecule has 2 heterocycles. The third-order valence-corrected chi connectivity index (χ3v) is 6.27. The molecular formula is C18H25ClN2O3S. The predicted molar refractivity (Wildman–Crippen MR) is 102 cm³/mol. The maximum Gasteiger partial charge on any atom is 0.178 e. The number of nitrogens with zero attached hydrogens (tertiary/aromatic N) is 1. The van der Waals surface area contributed by atoms with Crippen molar-refractivity contribution in [2.75, 3.05) is 26.0 Å². The Labute approximate surface area is 155 Å². The molecule has 1 aromatic carbocycles. The van der Waals surface area contributed by atoms with E-state index in [0.29, 0.717) is 10.6 Å². The molecule has 1 saturated heterocycles. The monoisotopic (exact) mass is 384 g/mol. The molecule has 0 saturated carbocycles. The summed E-state index contributed by atoms with van der Waals surface area (Å²) >= 11 is 0. The number of methoxy groups -OCH3 is 1. The van der Waals surface area contributed by atoms with Crippen molar-refractivity contribution in [2.45, 2.75) is 31.2 Å². The molecule has 0 atom stereocenters. The number of halogens is 1. The van der Waals surface area contributed by atoms with Gasteiger partial charge in [0.2, 0.25) is 0 Å². The van der Waals surface area contributed by atoms with E-state index >= 15 is 0 Å². The highest BCUT2D eigenvalue weighted by atomic mass is 35.5. The molecule has 5 nitrogen and oxygen atoms in total. The molecule has 0 aliphatic carbocycles. The van der Waals surface area contributed by atoms with Crippen molar-refractivity contribution in [1.29, 1.82) is 0 Å². The normalized spacial score (nSPS) is 15.1. The number of ether oxygens (including phenoxy) is 1. The summed E-state index contributed by atoms with van der Waals surface area (Å²) in [5.41, 5.74) is 2.80. The summed E-state index contributed by atoms with van der Waals surface area (Å²) in [6, 6.07) is 9.08. The summed E-state index contributed by atoms with van der Waals surface area (Å²) in [4.78, 5) is 6.16. The highest BCUT2D eigenvalue weighted by Gasteiger charge is 2.17. The van der Waals surface area contributed by atoms with Crippen LogP contribution in [0.2, 0.25) is 0 Å². The van der Waals surface area contributed by atoms with E-state index in [2.05, 4.69) is 16.0 Å². The molecule has 2 aromatic rings. The lowest BCUT2D eigenvalue weighted by atomic mass is 10.1. The van der Waals surface area contributed by atoms with Crippen LogP contribution in [0.4, 0.5) is 0 Å². The van der Waals surface area contributed by atoms with Crippen LogP contribution in [-0.2, 0) is 16.4 Å². The molecule has 0 amide bonds. The Kier molecular flexibility index (Phi) is 6.54. The van der Waals surface area contributed by atoms with Crippen LogP contribution < -0.4 is 4.74 Å². The summed E-state index contributed by atoms with van der Waals surface area (Å²) in [6.07, 6.45) is 2.52. The van der Waals surface area contributed by atoms with Gasteiger partial charge in [0.1, 0.15) is 5.75 Å². The average molecular weight is 385 g/mol. The second-order valence-electron chi connectivity index (χ2n) is 6.15. The summed E-state index contributed by atoms with van der Waals surface area (Å²) in [5, 5.41) is 0.